The number of benzene rings is 2. The summed E-state index contributed by atoms with van der Waals surface area (Å²) in [5, 5.41) is 12.5. The first-order valence-electron chi connectivity index (χ1n) is 9.77. The van der Waals surface area contributed by atoms with Gasteiger partial charge in [-0.2, -0.15) is 0 Å². The van der Waals surface area contributed by atoms with Gasteiger partial charge in [0.1, 0.15) is 5.75 Å². The lowest BCUT2D eigenvalue weighted by atomic mass is 10.1. The number of aliphatic hydroxyl groups excluding tert-OH is 1. The van der Waals surface area contributed by atoms with Crippen molar-refractivity contribution >= 4 is 11.6 Å². The Kier molecular flexibility index (Phi) is 7.28. The van der Waals surface area contributed by atoms with E-state index >= 15 is 0 Å². The summed E-state index contributed by atoms with van der Waals surface area (Å²) in [5.41, 5.74) is 2.15. The van der Waals surface area contributed by atoms with Crippen molar-refractivity contribution in [1.29, 1.82) is 0 Å². The van der Waals surface area contributed by atoms with Gasteiger partial charge in [0.05, 0.1) is 18.8 Å². The van der Waals surface area contributed by atoms with Crippen LogP contribution in [0.5, 0.6) is 5.75 Å². The molecule has 1 aliphatic rings. The minimum absolute atomic E-state index is 0.00382. The lowest BCUT2D eigenvalue weighted by Crippen LogP contribution is -2.55. The molecule has 2 aromatic carbocycles. The number of para-hydroxylation sites is 2. The number of nitrogens with zero attached hydrogens (tertiary/aromatic N) is 2. The lowest BCUT2D eigenvalue weighted by molar-refractivity contribution is -0.127. The number of hydrogen-bond donors (Lipinski definition) is 2. The predicted octanol–water partition coefficient (Wildman–Crippen LogP) is 1.88. The van der Waals surface area contributed by atoms with Gasteiger partial charge in [0.25, 0.3) is 0 Å². The molecule has 1 atom stereocenters. The highest BCUT2D eigenvalue weighted by Crippen LogP contribution is 2.28. The normalized spacial score (nSPS) is 15.9. The molecule has 6 heteroatoms. The molecule has 3 rings (SSSR count). The minimum Gasteiger partial charge on any atom is -0.495 e. The Morgan fingerprint density at radius 1 is 1.07 bits per heavy atom. The van der Waals surface area contributed by atoms with Crippen molar-refractivity contribution in [2.45, 2.75) is 19.0 Å². The van der Waals surface area contributed by atoms with Crippen LogP contribution in [0.15, 0.2) is 54.6 Å². The minimum atomic E-state index is -0.312. The third-order valence-corrected chi connectivity index (χ3v) is 5.20. The van der Waals surface area contributed by atoms with Gasteiger partial charge in [0.2, 0.25) is 5.91 Å². The van der Waals surface area contributed by atoms with Crippen LogP contribution in [-0.2, 0) is 11.3 Å². The van der Waals surface area contributed by atoms with Gasteiger partial charge in [0.15, 0.2) is 0 Å². The second kappa shape index (κ2) is 10.1. The fourth-order valence-corrected chi connectivity index (χ4v) is 3.67. The van der Waals surface area contributed by atoms with E-state index in [1.54, 1.807) is 7.11 Å². The second-order valence-corrected chi connectivity index (χ2v) is 6.93. The van der Waals surface area contributed by atoms with E-state index in [1.807, 2.05) is 48.5 Å². The Morgan fingerprint density at radius 3 is 2.43 bits per heavy atom. The van der Waals surface area contributed by atoms with Crippen molar-refractivity contribution < 1.29 is 14.6 Å². The molecule has 1 saturated heterocycles. The molecule has 1 aliphatic heterocycles. The van der Waals surface area contributed by atoms with Gasteiger partial charge < -0.3 is 20.1 Å². The fourth-order valence-electron chi connectivity index (χ4n) is 3.67. The van der Waals surface area contributed by atoms with E-state index in [0.717, 1.165) is 43.2 Å². The number of ether oxygens (including phenoxy) is 1. The van der Waals surface area contributed by atoms with Crippen LogP contribution in [0.1, 0.15) is 12.0 Å². The SMILES string of the molecule is COc1ccccc1N1CCN(C(CCO)C(=O)NCc2ccccc2)CC1. The zero-order chi connectivity index (χ0) is 19.8. The topological polar surface area (TPSA) is 65.0 Å². The number of aliphatic hydroxyl groups is 1. The van der Waals surface area contributed by atoms with Crippen LogP contribution in [0, 0.1) is 0 Å². The molecule has 1 fully saturated rings. The quantitative estimate of drug-likeness (QED) is 0.729. The summed E-state index contributed by atoms with van der Waals surface area (Å²) in [6, 6.07) is 17.6. The van der Waals surface area contributed by atoms with Crippen LogP contribution < -0.4 is 15.0 Å². The molecule has 150 valence electrons. The van der Waals surface area contributed by atoms with Crippen molar-refractivity contribution in [3.8, 4) is 5.75 Å². The van der Waals surface area contributed by atoms with Gasteiger partial charge in [-0.15, -0.1) is 0 Å². The van der Waals surface area contributed by atoms with Gasteiger partial charge in [-0.05, 0) is 24.1 Å². The molecular weight excluding hydrogens is 354 g/mol. The number of amides is 1. The Hall–Kier alpha value is -2.57. The number of anilines is 1. The molecule has 2 N–H and O–H groups in total. The van der Waals surface area contributed by atoms with Crippen molar-refractivity contribution in [3.63, 3.8) is 0 Å². The molecule has 1 heterocycles. The van der Waals surface area contributed by atoms with Crippen LogP contribution >= 0.6 is 0 Å². The van der Waals surface area contributed by atoms with Crippen molar-refractivity contribution in [1.82, 2.24) is 10.2 Å². The Bertz CT molecular complexity index is 746. The first-order valence-corrected chi connectivity index (χ1v) is 9.77. The molecule has 0 aromatic heterocycles. The third kappa shape index (κ3) is 5.03. The molecule has 0 saturated carbocycles. The van der Waals surface area contributed by atoms with Crippen LogP contribution in [0.4, 0.5) is 5.69 Å². The highest BCUT2D eigenvalue weighted by molar-refractivity contribution is 5.81. The molecule has 2 aromatic rings. The molecule has 0 bridgehead atoms. The summed E-state index contributed by atoms with van der Waals surface area (Å²) in [7, 11) is 1.68. The smallest absolute Gasteiger partial charge is 0.237 e. The zero-order valence-corrected chi connectivity index (χ0v) is 16.4. The monoisotopic (exact) mass is 383 g/mol. The second-order valence-electron chi connectivity index (χ2n) is 6.93. The van der Waals surface area contributed by atoms with Crippen LogP contribution in [0.25, 0.3) is 0 Å². The van der Waals surface area contributed by atoms with E-state index in [-0.39, 0.29) is 18.6 Å². The Labute approximate surface area is 166 Å². The number of nitrogens with one attached hydrogen (secondary N) is 1. The van der Waals surface area contributed by atoms with Crippen LogP contribution in [-0.4, -0.2) is 61.9 Å². The van der Waals surface area contributed by atoms with Gasteiger partial charge in [-0.1, -0.05) is 42.5 Å². The number of piperazine rings is 1. The maximum atomic E-state index is 12.8. The zero-order valence-electron chi connectivity index (χ0n) is 16.4. The summed E-state index contributed by atoms with van der Waals surface area (Å²) >= 11 is 0. The van der Waals surface area contributed by atoms with E-state index in [9.17, 15) is 9.90 Å². The molecule has 0 aliphatic carbocycles. The number of carbonyl (C=O) groups excluding carboxylic acids is 1. The van der Waals surface area contributed by atoms with Gasteiger partial charge in [0, 0.05) is 39.3 Å². The maximum absolute atomic E-state index is 12.8. The highest BCUT2D eigenvalue weighted by atomic mass is 16.5. The summed E-state index contributed by atoms with van der Waals surface area (Å²) in [6.07, 6.45) is 0.440. The molecule has 28 heavy (non-hydrogen) atoms. The third-order valence-electron chi connectivity index (χ3n) is 5.20. The average Bonchev–Trinajstić information content (AvgIpc) is 2.76. The Morgan fingerprint density at radius 2 is 1.75 bits per heavy atom. The van der Waals surface area contributed by atoms with E-state index in [4.69, 9.17) is 4.74 Å². The average molecular weight is 383 g/mol. The molecule has 0 radical (unpaired) electrons. The predicted molar refractivity (Wildman–Crippen MR) is 111 cm³/mol. The fraction of sp³-hybridized carbons (Fsp3) is 0.409. The molecular formula is C22H29N3O3. The molecule has 1 unspecified atom stereocenters. The number of methoxy groups -OCH3 is 1. The van der Waals surface area contributed by atoms with E-state index < -0.39 is 0 Å². The van der Waals surface area contributed by atoms with Crippen molar-refractivity contribution in [2.24, 2.45) is 0 Å². The van der Waals surface area contributed by atoms with Gasteiger partial charge in [-0.25, -0.2) is 0 Å². The van der Waals surface area contributed by atoms with Gasteiger partial charge >= 0.3 is 0 Å². The van der Waals surface area contributed by atoms with E-state index in [1.165, 1.54) is 0 Å². The highest BCUT2D eigenvalue weighted by Gasteiger charge is 2.29. The molecule has 6 nitrogen and oxygen atoms in total. The van der Waals surface area contributed by atoms with Gasteiger partial charge in [-0.3, -0.25) is 9.69 Å². The Balaban J connectivity index is 1.58. The standard InChI is InChI=1S/C22H29N3O3/c1-28-21-10-6-5-9-19(21)24-12-14-25(15-13-24)20(11-16-26)22(27)23-17-18-7-3-2-4-8-18/h2-10,20,26H,11-17H2,1H3,(H,23,27). The summed E-state index contributed by atoms with van der Waals surface area (Å²) in [4.78, 5) is 17.2. The first-order chi connectivity index (χ1) is 13.7. The first kappa shape index (κ1) is 20.2. The van der Waals surface area contributed by atoms with E-state index in [2.05, 4.69) is 21.2 Å². The maximum Gasteiger partial charge on any atom is 0.237 e. The summed E-state index contributed by atoms with van der Waals surface area (Å²) in [5.74, 6) is 0.840. The summed E-state index contributed by atoms with van der Waals surface area (Å²) < 4.78 is 5.47. The lowest BCUT2D eigenvalue weighted by Gasteiger charge is -2.39. The van der Waals surface area contributed by atoms with Crippen molar-refractivity contribution in [2.75, 3.05) is 44.8 Å². The largest absolute Gasteiger partial charge is 0.495 e. The molecule has 1 amide bonds. The van der Waals surface area contributed by atoms with Crippen LogP contribution in [0.3, 0.4) is 0 Å². The van der Waals surface area contributed by atoms with E-state index in [0.29, 0.717) is 13.0 Å². The number of carbonyl (C=O) groups is 1. The number of rotatable bonds is 8. The summed E-state index contributed by atoms with van der Waals surface area (Å²) in [6.45, 7) is 3.66. The molecule has 0 spiro atoms. The van der Waals surface area contributed by atoms with Crippen LogP contribution in [0.2, 0.25) is 0 Å². The number of hydrogen-bond acceptors (Lipinski definition) is 5. The van der Waals surface area contributed by atoms with Crippen molar-refractivity contribution in [3.05, 3.63) is 60.2 Å².